The molecule has 0 aromatic heterocycles. The van der Waals surface area contributed by atoms with Gasteiger partial charge in [0.1, 0.15) is 19.0 Å². The van der Waals surface area contributed by atoms with Crippen LogP contribution in [0.4, 0.5) is 4.79 Å². The first-order valence-electron chi connectivity index (χ1n) is 10.7. The highest BCUT2D eigenvalue weighted by molar-refractivity contribution is 5.80. The smallest absolute Gasteiger partial charge is 0.407 e. The summed E-state index contributed by atoms with van der Waals surface area (Å²) in [6.45, 7) is 3.86. The van der Waals surface area contributed by atoms with Crippen LogP contribution in [0.5, 0.6) is 11.5 Å². The van der Waals surface area contributed by atoms with Crippen molar-refractivity contribution in [1.29, 1.82) is 0 Å². The maximum absolute atomic E-state index is 11.6. The largest absolute Gasteiger partial charge is 0.504 e. The van der Waals surface area contributed by atoms with Crippen molar-refractivity contribution in [3.8, 4) is 11.5 Å². The molecule has 0 fully saturated rings. The number of ketones is 1. The summed E-state index contributed by atoms with van der Waals surface area (Å²) in [4.78, 5) is 33.6. The van der Waals surface area contributed by atoms with E-state index in [4.69, 9.17) is 23.7 Å². The molecule has 11 heteroatoms. The highest BCUT2D eigenvalue weighted by Gasteiger charge is 2.05. The molecule has 0 saturated carbocycles. The van der Waals surface area contributed by atoms with Gasteiger partial charge in [-0.3, -0.25) is 4.79 Å². The molecule has 3 N–H and O–H groups in total. The van der Waals surface area contributed by atoms with Gasteiger partial charge >= 0.3 is 12.1 Å². The Balaban J connectivity index is 1.84. The van der Waals surface area contributed by atoms with Gasteiger partial charge < -0.3 is 44.0 Å². The van der Waals surface area contributed by atoms with E-state index < -0.39 is 12.1 Å². The van der Waals surface area contributed by atoms with Crippen molar-refractivity contribution in [3.63, 3.8) is 0 Å². The van der Waals surface area contributed by atoms with Crippen molar-refractivity contribution in [3.05, 3.63) is 23.8 Å². The maximum Gasteiger partial charge on any atom is 0.407 e. The van der Waals surface area contributed by atoms with E-state index in [1.165, 1.54) is 19.1 Å². The number of phenols is 2. The first kappa shape index (κ1) is 28.1. The molecule has 1 aromatic carbocycles. The third-order valence-electron chi connectivity index (χ3n) is 4.10. The highest BCUT2D eigenvalue weighted by atomic mass is 16.6. The monoisotopic (exact) mass is 471 g/mol. The zero-order valence-corrected chi connectivity index (χ0v) is 18.9. The lowest BCUT2D eigenvalue weighted by molar-refractivity contribution is -0.146. The first-order valence-corrected chi connectivity index (χ1v) is 10.7. The number of ether oxygens (including phenoxy) is 5. The van der Waals surface area contributed by atoms with Gasteiger partial charge in [0, 0.05) is 13.0 Å². The molecule has 0 aliphatic heterocycles. The minimum absolute atomic E-state index is 0.0522. The van der Waals surface area contributed by atoms with Gasteiger partial charge in [-0.1, -0.05) is 6.07 Å². The fraction of sp³-hybridized carbons (Fsp3) is 0.591. The van der Waals surface area contributed by atoms with E-state index in [0.717, 1.165) is 5.56 Å². The molecule has 0 spiro atoms. The van der Waals surface area contributed by atoms with Gasteiger partial charge in [-0.05, 0) is 31.0 Å². The van der Waals surface area contributed by atoms with Gasteiger partial charge in [-0.15, -0.1) is 0 Å². The fourth-order valence-electron chi connectivity index (χ4n) is 2.38. The molecule has 0 atom stereocenters. The number of benzene rings is 1. The average Bonchev–Trinajstić information content (AvgIpc) is 2.78. The van der Waals surface area contributed by atoms with Gasteiger partial charge in [-0.25, -0.2) is 4.79 Å². The lowest BCUT2D eigenvalue weighted by atomic mass is 10.1. The van der Waals surface area contributed by atoms with E-state index in [1.807, 2.05) is 0 Å². The molecule has 1 rings (SSSR count). The summed E-state index contributed by atoms with van der Waals surface area (Å²) in [7, 11) is 0. The summed E-state index contributed by atoms with van der Waals surface area (Å²) >= 11 is 0. The Morgan fingerprint density at radius 2 is 1.36 bits per heavy atom. The molecule has 0 radical (unpaired) electrons. The quantitative estimate of drug-likeness (QED) is 0.162. The molecular formula is C22H33NO10. The second kappa shape index (κ2) is 17.6. The van der Waals surface area contributed by atoms with Gasteiger partial charge in [-0.2, -0.15) is 0 Å². The van der Waals surface area contributed by atoms with E-state index in [9.17, 15) is 24.6 Å². The Labute approximate surface area is 192 Å². The van der Waals surface area contributed by atoms with Crippen LogP contribution >= 0.6 is 0 Å². The van der Waals surface area contributed by atoms with Gasteiger partial charge in [0.05, 0.1) is 46.1 Å². The molecule has 0 aliphatic rings. The van der Waals surface area contributed by atoms with E-state index in [-0.39, 0.29) is 56.6 Å². The van der Waals surface area contributed by atoms with E-state index >= 15 is 0 Å². The van der Waals surface area contributed by atoms with Crippen LogP contribution in [-0.2, 0) is 39.7 Å². The maximum atomic E-state index is 11.6. The van der Waals surface area contributed by atoms with E-state index in [1.54, 1.807) is 6.07 Å². The van der Waals surface area contributed by atoms with E-state index in [2.05, 4.69) is 5.32 Å². The Hall–Kier alpha value is -2.89. The standard InChI is InChI=1S/C22H33NO10/c1-17(24)2-5-21(27)32-14-12-30-10-8-29-9-11-31-13-15-33-22(28)23-7-6-18-3-4-19(25)20(26)16-18/h3-4,16,25-26H,2,5-15H2,1H3,(H,23,28). The van der Waals surface area contributed by atoms with Gasteiger partial charge in [0.2, 0.25) is 0 Å². The minimum atomic E-state index is -0.570. The highest BCUT2D eigenvalue weighted by Crippen LogP contribution is 2.24. The van der Waals surface area contributed by atoms with Crippen LogP contribution < -0.4 is 5.32 Å². The number of nitrogens with one attached hydrogen (secondary N) is 1. The molecule has 0 aliphatic carbocycles. The van der Waals surface area contributed by atoms with Crippen LogP contribution in [-0.4, -0.2) is 87.5 Å². The Morgan fingerprint density at radius 1 is 0.788 bits per heavy atom. The summed E-state index contributed by atoms with van der Waals surface area (Å²) in [5.41, 5.74) is 0.768. The number of Topliss-reactive ketones (excluding diaryl/α,β-unsaturated/α-hetero) is 1. The summed E-state index contributed by atoms with van der Waals surface area (Å²) in [5, 5.41) is 21.3. The van der Waals surface area contributed by atoms with Crippen LogP contribution in [0, 0.1) is 0 Å². The lowest BCUT2D eigenvalue weighted by Gasteiger charge is -2.09. The normalized spacial score (nSPS) is 10.6. The molecule has 33 heavy (non-hydrogen) atoms. The Bertz CT molecular complexity index is 725. The lowest BCUT2D eigenvalue weighted by Crippen LogP contribution is -2.27. The summed E-state index contributed by atoms with van der Waals surface area (Å²) in [5.74, 6) is -0.865. The minimum Gasteiger partial charge on any atom is -0.504 e. The van der Waals surface area contributed by atoms with Gasteiger partial charge in [0.15, 0.2) is 11.5 Å². The zero-order chi connectivity index (χ0) is 24.3. The number of hydrogen-bond donors (Lipinski definition) is 3. The van der Waals surface area contributed by atoms with Crippen molar-refractivity contribution in [2.75, 3.05) is 59.4 Å². The first-order chi connectivity index (χ1) is 15.9. The number of phenolic OH excluding ortho intramolecular Hbond substituents is 2. The average molecular weight is 472 g/mol. The molecule has 1 aromatic rings. The van der Waals surface area contributed by atoms with Crippen LogP contribution in [0.25, 0.3) is 0 Å². The number of hydrogen-bond acceptors (Lipinski definition) is 10. The number of esters is 1. The molecule has 0 heterocycles. The van der Waals surface area contributed by atoms with E-state index in [0.29, 0.717) is 39.4 Å². The predicted molar refractivity (Wildman–Crippen MR) is 116 cm³/mol. The van der Waals surface area contributed by atoms with Crippen molar-refractivity contribution in [1.82, 2.24) is 5.32 Å². The third-order valence-corrected chi connectivity index (χ3v) is 4.10. The van der Waals surface area contributed by atoms with Crippen LogP contribution in [0.2, 0.25) is 0 Å². The second-order valence-electron chi connectivity index (χ2n) is 6.90. The number of rotatable bonds is 18. The van der Waals surface area contributed by atoms with Crippen molar-refractivity contribution in [2.24, 2.45) is 0 Å². The predicted octanol–water partition coefficient (Wildman–Crippen LogP) is 1.33. The fourth-order valence-corrected chi connectivity index (χ4v) is 2.38. The summed E-state index contributed by atoms with van der Waals surface area (Å²) < 4.78 is 25.7. The SMILES string of the molecule is CC(=O)CCC(=O)OCCOCCOCCOCCOC(=O)NCCc1ccc(O)c(O)c1. The number of carbonyl (C=O) groups excluding carboxylic acids is 3. The van der Waals surface area contributed by atoms with Gasteiger partial charge in [0.25, 0.3) is 0 Å². The summed E-state index contributed by atoms with van der Waals surface area (Å²) in [6.07, 6.45) is 0.178. The van der Waals surface area contributed by atoms with Crippen LogP contribution in [0.15, 0.2) is 18.2 Å². The number of aromatic hydroxyl groups is 2. The number of amides is 1. The number of alkyl carbamates (subject to hydrolysis) is 1. The second-order valence-corrected chi connectivity index (χ2v) is 6.90. The zero-order valence-electron chi connectivity index (χ0n) is 18.9. The molecule has 1 amide bonds. The van der Waals surface area contributed by atoms with Crippen molar-refractivity contribution < 1.29 is 48.3 Å². The molecule has 0 unspecified atom stereocenters. The molecular weight excluding hydrogens is 438 g/mol. The molecule has 0 saturated heterocycles. The molecule has 186 valence electrons. The topological polar surface area (TPSA) is 150 Å². The molecule has 0 bridgehead atoms. The molecule has 11 nitrogen and oxygen atoms in total. The van der Waals surface area contributed by atoms with Crippen molar-refractivity contribution >= 4 is 17.8 Å². The third kappa shape index (κ3) is 15.5. The van der Waals surface area contributed by atoms with Crippen molar-refractivity contribution in [2.45, 2.75) is 26.2 Å². The Morgan fingerprint density at radius 3 is 1.94 bits per heavy atom. The summed E-state index contributed by atoms with van der Waals surface area (Å²) in [6, 6.07) is 4.47. The number of carbonyl (C=O) groups is 3. The van der Waals surface area contributed by atoms with Crippen LogP contribution in [0.1, 0.15) is 25.3 Å². The van der Waals surface area contributed by atoms with Crippen LogP contribution in [0.3, 0.4) is 0 Å². The Kier molecular flexibility index (Phi) is 15.0.